The molecule has 1 saturated heterocycles. The predicted octanol–water partition coefficient (Wildman–Crippen LogP) is 5.28. The summed E-state index contributed by atoms with van der Waals surface area (Å²) >= 11 is 0. The Morgan fingerprint density at radius 1 is 0.806 bits per heavy atom. The van der Waals surface area contributed by atoms with E-state index in [0.717, 1.165) is 69.8 Å². The molecule has 36 heavy (non-hydrogen) atoms. The van der Waals surface area contributed by atoms with Crippen LogP contribution in [0.2, 0.25) is 0 Å². The lowest BCUT2D eigenvalue weighted by Crippen LogP contribution is -2.45. The molecule has 0 amide bonds. The summed E-state index contributed by atoms with van der Waals surface area (Å²) in [6, 6.07) is 14.6. The van der Waals surface area contributed by atoms with Gasteiger partial charge >= 0.3 is 5.97 Å². The second kappa shape index (κ2) is 17.3. The SMILES string of the molecule is COc1ccc(CN2CCN(Cc3ccccc3)CC2)c(OCCCCCCC(=O)O)c1OC.Cl.Cl. The molecule has 0 saturated carbocycles. The predicted molar refractivity (Wildman–Crippen MR) is 147 cm³/mol. The van der Waals surface area contributed by atoms with Crippen molar-refractivity contribution in [1.82, 2.24) is 9.80 Å². The fourth-order valence-electron chi connectivity index (χ4n) is 4.32. The second-order valence-corrected chi connectivity index (χ2v) is 8.73. The maximum Gasteiger partial charge on any atom is 0.303 e. The molecule has 0 aliphatic carbocycles. The van der Waals surface area contributed by atoms with Crippen LogP contribution in [-0.2, 0) is 17.9 Å². The Balaban J connectivity index is 0.00000324. The van der Waals surface area contributed by atoms with Gasteiger partial charge in [0.2, 0.25) is 5.75 Å². The Morgan fingerprint density at radius 3 is 2.06 bits per heavy atom. The van der Waals surface area contributed by atoms with Crippen LogP contribution in [0.5, 0.6) is 17.2 Å². The molecule has 9 heteroatoms. The molecular weight excluding hydrogens is 503 g/mol. The Morgan fingerprint density at radius 2 is 1.44 bits per heavy atom. The van der Waals surface area contributed by atoms with Gasteiger partial charge in [0.25, 0.3) is 0 Å². The topological polar surface area (TPSA) is 71.5 Å². The van der Waals surface area contributed by atoms with Crippen LogP contribution in [0.4, 0.5) is 0 Å². The van der Waals surface area contributed by atoms with E-state index in [2.05, 4.69) is 46.2 Å². The number of hydrogen-bond acceptors (Lipinski definition) is 6. The van der Waals surface area contributed by atoms with Crippen molar-refractivity contribution in [1.29, 1.82) is 0 Å². The van der Waals surface area contributed by atoms with Crippen LogP contribution in [0.3, 0.4) is 0 Å². The molecule has 0 atom stereocenters. The van der Waals surface area contributed by atoms with E-state index >= 15 is 0 Å². The van der Waals surface area contributed by atoms with Gasteiger partial charge in [-0.2, -0.15) is 0 Å². The smallest absolute Gasteiger partial charge is 0.303 e. The molecule has 1 fully saturated rings. The molecule has 1 aliphatic rings. The van der Waals surface area contributed by atoms with Crippen LogP contribution >= 0.6 is 24.8 Å². The third kappa shape index (κ3) is 10.1. The van der Waals surface area contributed by atoms with E-state index in [-0.39, 0.29) is 31.2 Å². The summed E-state index contributed by atoms with van der Waals surface area (Å²) in [6.45, 7) is 6.44. The molecule has 1 aliphatic heterocycles. The number of hydrogen-bond donors (Lipinski definition) is 1. The number of piperazine rings is 1. The third-order valence-corrected chi connectivity index (χ3v) is 6.22. The van der Waals surface area contributed by atoms with Gasteiger partial charge in [-0.1, -0.05) is 49.2 Å². The highest BCUT2D eigenvalue weighted by atomic mass is 35.5. The van der Waals surface area contributed by atoms with E-state index in [4.69, 9.17) is 19.3 Å². The number of carboxylic acid groups (broad SMARTS) is 1. The summed E-state index contributed by atoms with van der Waals surface area (Å²) in [4.78, 5) is 15.6. The summed E-state index contributed by atoms with van der Waals surface area (Å²) < 4.78 is 17.4. The Kier molecular flexibility index (Phi) is 15.3. The lowest BCUT2D eigenvalue weighted by Gasteiger charge is -2.35. The van der Waals surface area contributed by atoms with Crippen LogP contribution in [0.25, 0.3) is 0 Å². The molecule has 7 nitrogen and oxygen atoms in total. The molecule has 0 spiro atoms. The van der Waals surface area contributed by atoms with Crippen molar-refractivity contribution in [3.8, 4) is 17.2 Å². The van der Waals surface area contributed by atoms with Crippen molar-refractivity contribution in [2.24, 2.45) is 0 Å². The number of halogens is 2. The first-order valence-electron chi connectivity index (χ1n) is 12.2. The minimum Gasteiger partial charge on any atom is -0.493 e. The maximum atomic E-state index is 10.6. The van der Waals surface area contributed by atoms with Gasteiger partial charge in [-0.25, -0.2) is 0 Å². The molecular formula is C27H40Cl2N2O5. The van der Waals surface area contributed by atoms with E-state index in [0.29, 0.717) is 24.5 Å². The quantitative estimate of drug-likeness (QED) is 0.325. The molecule has 0 unspecified atom stereocenters. The normalized spacial score (nSPS) is 13.8. The summed E-state index contributed by atoms with van der Waals surface area (Å²) in [7, 11) is 3.28. The molecule has 1 heterocycles. The highest BCUT2D eigenvalue weighted by Gasteiger charge is 2.22. The van der Waals surface area contributed by atoms with Crippen molar-refractivity contribution < 1.29 is 24.1 Å². The van der Waals surface area contributed by atoms with Gasteiger partial charge in [-0.15, -0.1) is 24.8 Å². The van der Waals surface area contributed by atoms with Crippen molar-refractivity contribution in [3.05, 3.63) is 53.6 Å². The fraction of sp³-hybridized carbons (Fsp3) is 0.519. The average Bonchev–Trinajstić information content (AvgIpc) is 2.85. The lowest BCUT2D eigenvalue weighted by molar-refractivity contribution is -0.137. The Bertz CT molecular complexity index is 893. The summed E-state index contributed by atoms with van der Waals surface area (Å²) in [5.41, 5.74) is 2.45. The number of benzene rings is 2. The minimum atomic E-state index is -0.733. The number of nitrogens with zero attached hydrogens (tertiary/aromatic N) is 2. The summed E-state index contributed by atoms with van der Waals surface area (Å²) in [6.07, 6.45) is 3.65. The molecule has 0 radical (unpaired) electrons. The first-order chi connectivity index (χ1) is 16.6. The van der Waals surface area contributed by atoms with Gasteiger partial charge in [-0.3, -0.25) is 14.6 Å². The van der Waals surface area contributed by atoms with Gasteiger partial charge in [-0.05, 0) is 24.5 Å². The maximum absolute atomic E-state index is 10.6. The Hall–Kier alpha value is -2.19. The zero-order chi connectivity index (χ0) is 24.2. The number of methoxy groups -OCH3 is 2. The van der Waals surface area contributed by atoms with E-state index < -0.39 is 5.97 Å². The van der Waals surface area contributed by atoms with Gasteiger partial charge in [0.05, 0.1) is 20.8 Å². The molecule has 202 valence electrons. The third-order valence-electron chi connectivity index (χ3n) is 6.22. The number of carbonyl (C=O) groups is 1. The first-order valence-corrected chi connectivity index (χ1v) is 12.2. The van der Waals surface area contributed by atoms with Gasteiger partial charge < -0.3 is 19.3 Å². The van der Waals surface area contributed by atoms with Crippen LogP contribution in [-0.4, -0.2) is 67.9 Å². The van der Waals surface area contributed by atoms with Crippen LogP contribution < -0.4 is 14.2 Å². The van der Waals surface area contributed by atoms with Crippen LogP contribution in [0.15, 0.2) is 42.5 Å². The van der Waals surface area contributed by atoms with Crippen molar-refractivity contribution >= 4 is 30.8 Å². The molecule has 0 aromatic heterocycles. The van der Waals surface area contributed by atoms with Gasteiger partial charge in [0.15, 0.2) is 11.5 Å². The van der Waals surface area contributed by atoms with Gasteiger partial charge in [0.1, 0.15) is 0 Å². The van der Waals surface area contributed by atoms with E-state index in [1.54, 1.807) is 14.2 Å². The number of ether oxygens (including phenoxy) is 3. The van der Waals surface area contributed by atoms with Crippen LogP contribution in [0.1, 0.15) is 43.2 Å². The fourth-order valence-corrected chi connectivity index (χ4v) is 4.32. The van der Waals surface area contributed by atoms with E-state index in [9.17, 15) is 4.79 Å². The molecule has 0 bridgehead atoms. The zero-order valence-electron chi connectivity index (χ0n) is 21.3. The van der Waals surface area contributed by atoms with E-state index in [1.165, 1.54) is 5.56 Å². The highest BCUT2D eigenvalue weighted by Crippen LogP contribution is 2.40. The molecule has 2 aromatic carbocycles. The summed E-state index contributed by atoms with van der Waals surface area (Å²) in [5.74, 6) is 1.31. The molecule has 2 aromatic rings. The van der Waals surface area contributed by atoms with E-state index in [1.807, 2.05) is 6.07 Å². The monoisotopic (exact) mass is 542 g/mol. The average molecular weight is 544 g/mol. The largest absolute Gasteiger partial charge is 0.493 e. The zero-order valence-corrected chi connectivity index (χ0v) is 23.0. The Labute approximate surface area is 227 Å². The van der Waals surface area contributed by atoms with Crippen molar-refractivity contribution in [3.63, 3.8) is 0 Å². The van der Waals surface area contributed by atoms with Gasteiger partial charge in [0, 0.05) is 51.3 Å². The standard InChI is InChI=1S/C27H38N2O5.2ClH/c1-32-24-14-13-23(26(27(24)33-2)34-19-9-4-3-8-12-25(30)31)21-29-17-15-28(16-18-29)20-22-10-6-5-7-11-22;;/h5-7,10-11,13-14H,3-4,8-9,12,15-21H2,1-2H3,(H,30,31);2*1H. The number of rotatable bonds is 14. The summed E-state index contributed by atoms with van der Waals surface area (Å²) in [5, 5.41) is 8.76. The number of carboxylic acids is 1. The first kappa shape index (κ1) is 31.8. The van der Waals surface area contributed by atoms with Crippen molar-refractivity contribution in [2.75, 3.05) is 47.0 Å². The number of unbranched alkanes of at least 4 members (excludes halogenated alkanes) is 3. The van der Waals surface area contributed by atoms with Crippen LogP contribution in [0, 0.1) is 0 Å². The van der Waals surface area contributed by atoms with Crippen molar-refractivity contribution in [2.45, 2.75) is 45.2 Å². The minimum absolute atomic E-state index is 0. The second-order valence-electron chi connectivity index (χ2n) is 8.73. The highest BCUT2D eigenvalue weighted by molar-refractivity contribution is 5.85. The molecule has 3 rings (SSSR count). The lowest BCUT2D eigenvalue weighted by atomic mass is 10.1. The molecule has 1 N–H and O–H groups in total. The number of aliphatic carboxylic acids is 1.